The topological polar surface area (TPSA) is 18.1 Å². The number of benzene rings is 3. The first-order chi connectivity index (χ1) is 16.4. The van der Waals surface area contributed by atoms with Crippen LogP contribution in [0.15, 0.2) is 102 Å². The molecule has 2 aliphatic rings. The van der Waals surface area contributed by atoms with E-state index in [0.717, 1.165) is 30.6 Å². The molecule has 0 aliphatic heterocycles. The van der Waals surface area contributed by atoms with Gasteiger partial charge in [0.05, 0.1) is 16.4 Å². The molecule has 2 nitrogen and oxygen atoms in total. The van der Waals surface area contributed by atoms with Crippen LogP contribution in [0.3, 0.4) is 0 Å². The van der Waals surface area contributed by atoms with E-state index in [2.05, 4.69) is 108 Å². The van der Waals surface area contributed by atoms with Crippen molar-refractivity contribution in [2.24, 2.45) is 0 Å². The number of hydrogen-bond acceptors (Lipinski definition) is 1. The number of furan rings is 1. The predicted octanol–water partition coefficient (Wildman–Crippen LogP) is 8.39. The summed E-state index contributed by atoms with van der Waals surface area (Å²) >= 11 is 0. The highest BCUT2D eigenvalue weighted by molar-refractivity contribution is 6.20. The summed E-state index contributed by atoms with van der Waals surface area (Å²) < 4.78 is 8.85. The fourth-order valence-corrected chi connectivity index (χ4v) is 5.34. The minimum Gasteiger partial charge on any atom is -0.456 e. The van der Waals surface area contributed by atoms with E-state index in [1.807, 2.05) is 0 Å². The molecule has 2 aliphatic carbocycles. The zero-order valence-corrected chi connectivity index (χ0v) is 18.3. The second-order valence-electron chi connectivity index (χ2n) is 8.81. The highest BCUT2D eigenvalue weighted by Crippen LogP contribution is 2.40. The number of para-hydroxylation sites is 1. The number of nitrogens with zero attached hydrogens (tertiary/aromatic N) is 1. The highest BCUT2D eigenvalue weighted by atomic mass is 16.3. The first kappa shape index (κ1) is 18.5. The van der Waals surface area contributed by atoms with Gasteiger partial charge in [-0.2, -0.15) is 0 Å². The molecule has 0 bridgehead atoms. The third kappa shape index (κ3) is 2.81. The quantitative estimate of drug-likeness (QED) is 0.278. The zero-order valence-electron chi connectivity index (χ0n) is 18.3. The first-order valence-electron chi connectivity index (χ1n) is 11.7. The number of rotatable bonds is 2. The Kier molecular flexibility index (Phi) is 4.07. The van der Waals surface area contributed by atoms with Crippen molar-refractivity contribution >= 4 is 44.4 Å². The van der Waals surface area contributed by atoms with E-state index >= 15 is 0 Å². The summed E-state index contributed by atoms with van der Waals surface area (Å²) in [4.78, 5) is 0. The smallest absolute Gasteiger partial charge is 0.145 e. The molecule has 0 unspecified atom stereocenters. The van der Waals surface area contributed by atoms with Crippen LogP contribution in [0.4, 0.5) is 0 Å². The van der Waals surface area contributed by atoms with Crippen molar-refractivity contribution < 1.29 is 4.42 Å². The Morgan fingerprint density at radius 3 is 2.52 bits per heavy atom. The zero-order chi connectivity index (χ0) is 21.8. The maximum absolute atomic E-state index is 6.48. The van der Waals surface area contributed by atoms with E-state index in [4.69, 9.17) is 4.42 Å². The van der Waals surface area contributed by atoms with Crippen LogP contribution in [0.2, 0.25) is 0 Å². The largest absolute Gasteiger partial charge is 0.456 e. The van der Waals surface area contributed by atoms with Crippen LogP contribution in [0.5, 0.6) is 0 Å². The van der Waals surface area contributed by atoms with Crippen LogP contribution in [-0.4, -0.2) is 4.57 Å². The molecule has 0 N–H and O–H groups in total. The Morgan fingerprint density at radius 2 is 1.64 bits per heavy atom. The van der Waals surface area contributed by atoms with Crippen molar-refractivity contribution in [3.63, 3.8) is 0 Å². The van der Waals surface area contributed by atoms with Crippen LogP contribution >= 0.6 is 0 Å². The second kappa shape index (κ2) is 7.25. The Morgan fingerprint density at radius 1 is 0.727 bits per heavy atom. The lowest BCUT2D eigenvalue weighted by atomic mass is 9.99. The number of aromatic nitrogens is 1. The van der Waals surface area contributed by atoms with Crippen LogP contribution in [0.1, 0.15) is 29.7 Å². The van der Waals surface area contributed by atoms with Gasteiger partial charge in [-0.3, -0.25) is 0 Å². The third-order valence-corrected chi connectivity index (χ3v) is 6.90. The number of hydrogen-bond donors (Lipinski definition) is 0. The lowest BCUT2D eigenvalue weighted by Gasteiger charge is -2.11. The van der Waals surface area contributed by atoms with E-state index in [1.54, 1.807) is 0 Å². The second-order valence-corrected chi connectivity index (χ2v) is 8.81. The van der Waals surface area contributed by atoms with Crippen molar-refractivity contribution in [3.05, 3.63) is 114 Å². The van der Waals surface area contributed by atoms with Gasteiger partial charge in [-0.25, -0.2) is 0 Å². The van der Waals surface area contributed by atoms with E-state index in [1.165, 1.54) is 49.6 Å². The van der Waals surface area contributed by atoms with Gasteiger partial charge in [-0.15, -0.1) is 0 Å². The Hall–Kier alpha value is -4.04. The third-order valence-electron chi connectivity index (χ3n) is 6.90. The van der Waals surface area contributed by atoms with Gasteiger partial charge in [0.2, 0.25) is 0 Å². The minimum atomic E-state index is 0.894. The summed E-state index contributed by atoms with van der Waals surface area (Å²) in [6.45, 7) is 0. The van der Waals surface area contributed by atoms with E-state index in [9.17, 15) is 0 Å². The molecule has 0 radical (unpaired) electrons. The molecule has 33 heavy (non-hydrogen) atoms. The summed E-state index contributed by atoms with van der Waals surface area (Å²) in [5.74, 6) is 0.970. The maximum atomic E-state index is 6.48. The molecule has 2 heterocycles. The van der Waals surface area contributed by atoms with Gasteiger partial charge in [-0.1, -0.05) is 66.8 Å². The molecular weight excluding hydrogens is 402 g/mol. The normalized spacial score (nSPS) is 15.3. The SMILES string of the molecule is C1=CCc2c(oc3c2ccc2c3c3ccccc3n2-c2ccc(C3=CCCC=C3)cc2)C=C1. The Balaban J connectivity index is 1.48. The fourth-order valence-electron chi connectivity index (χ4n) is 5.34. The van der Waals surface area contributed by atoms with E-state index < -0.39 is 0 Å². The molecule has 5 aromatic rings. The molecule has 0 amide bonds. The van der Waals surface area contributed by atoms with Gasteiger partial charge < -0.3 is 8.98 Å². The molecule has 7 rings (SSSR count). The Labute approximate surface area is 192 Å². The van der Waals surface area contributed by atoms with E-state index in [-0.39, 0.29) is 0 Å². The molecule has 0 saturated carbocycles. The van der Waals surface area contributed by atoms with Gasteiger partial charge in [-0.05, 0) is 66.8 Å². The minimum absolute atomic E-state index is 0.894. The van der Waals surface area contributed by atoms with Gasteiger partial charge in [0, 0.05) is 22.0 Å². The maximum Gasteiger partial charge on any atom is 0.145 e. The van der Waals surface area contributed by atoms with Gasteiger partial charge in [0.15, 0.2) is 0 Å². The van der Waals surface area contributed by atoms with Crippen LogP contribution < -0.4 is 0 Å². The molecule has 2 heteroatoms. The average molecular weight is 426 g/mol. The lowest BCUT2D eigenvalue weighted by molar-refractivity contribution is 0.603. The van der Waals surface area contributed by atoms with Gasteiger partial charge >= 0.3 is 0 Å². The van der Waals surface area contributed by atoms with E-state index in [0.29, 0.717) is 0 Å². The van der Waals surface area contributed by atoms with Crippen LogP contribution in [0, 0.1) is 0 Å². The molecular formula is C31H23NO. The van der Waals surface area contributed by atoms with Crippen molar-refractivity contribution in [2.45, 2.75) is 19.3 Å². The van der Waals surface area contributed by atoms with Crippen molar-refractivity contribution in [1.82, 2.24) is 4.57 Å². The molecule has 0 spiro atoms. The van der Waals surface area contributed by atoms with Gasteiger partial charge in [0.1, 0.15) is 11.3 Å². The summed E-state index contributed by atoms with van der Waals surface area (Å²) in [6, 6.07) is 22.1. The summed E-state index contributed by atoms with van der Waals surface area (Å²) in [5, 5.41) is 3.63. The standard InChI is InChI=1S/C31H23NO/c1-3-9-21(10-4-1)22-15-17-23(18-16-22)32-27-13-8-7-12-26(27)30-28(32)20-19-25-24-11-5-2-6-14-29(24)33-31(25)30/h2-3,5-10,12-20H,1,4,11H2. The highest BCUT2D eigenvalue weighted by Gasteiger charge is 2.20. The van der Waals surface area contributed by atoms with Crippen LogP contribution in [0.25, 0.3) is 50.1 Å². The number of fused-ring (bicyclic) bond motifs is 7. The molecule has 0 fully saturated rings. The predicted molar refractivity (Wildman–Crippen MR) is 139 cm³/mol. The van der Waals surface area contributed by atoms with Crippen LogP contribution in [-0.2, 0) is 6.42 Å². The lowest BCUT2D eigenvalue weighted by Crippen LogP contribution is -1.94. The summed E-state index contributed by atoms with van der Waals surface area (Å²) in [5.41, 5.74) is 8.39. The first-order valence-corrected chi connectivity index (χ1v) is 11.7. The summed E-state index contributed by atoms with van der Waals surface area (Å²) in [7, 11) is 0. The molecule has 0 atom stereocenters. The Bertz CT molecular complexity index is 1670. The monoisotopic (exact) mass is 425 g/mol. The summed E-state index contributed by atoms with van der Waals surface area (Å²) in [6.07, 6.45) is 18.4. The van der Waals surface area contributed by atoms with Crippen molar-refractivity contribution in [2.75, 3.05) is 0 Å². The number of allylic oxidation sites excluding steroid dienone is 7. The molecule has 3 aromatic carbocycles. The molecule has 0 saturated heterocycles. The van der Waals surface area contributed by atoms with Gasteiger partial charge in [0.25, 0.3) is 0 Å². The van der Waals surface area contributed by atoms with Crippen molar-refractivity contribution in [1.29, 1.82) is 0 Å². The molecule has 2 aromatic heterocycles. The molecule has 158 valence electrons. The fraction of sp³-hybridized carbons (Fsp3) is 0.0968. The van der Waals surface area contributed by atoms with Crippen molar-refractivity contribution in [3.8, 4) is 5.69 Å². The average Bonchev–Trinajstić information content (AvgIpc) is 3.30.